The van der Waals surface area contributed by atoms with Crippen LogP contribution in [0.4, 0.5) is 0 Å². The molecule has 0 saturated heterocycles. The first-order chi connectivity index (χ1) is 1.00. The molecule has 0 spiro atoms. The Labute approximate surface area is 61.2 Å². The van der Waals surface area contributed by atoms with Crippen molar-refractivity contribution in [3.8, 4) is 0 Å². The molecule has 0 aromatic rings. The van der Waals surface area contributed by atoms with Crippen LogP contribution in [-0.2, 0) is 0 Å². The Morgan fingerprint density at radius 3 is 0.273 bits per heavy atom. The fraction of sp³-hybridized carbons (Fsp3) is 0. The normalized spacial score (nSPS) is 0.545. The Morgan fingerprint density at radius 1 is 0.273 bits per heavy atom. The van der Waals surface area contributed by atoms with Crippen molar-refractivity contribution >= 4 is 0 Å². The van der Waals surface area contributed by atoms with Gasteiger partial charge in [-0.3, -0.25) is 10.5 Å². The van der Waals surface area contributed by atoms with Gasteiger partial charge in [-0.15, -0.1) is 0 Å². The average molecular weight is 196 g/mol. The zero-order valence-electron chi connectivity index (χ0n) is 5.39. The van der Waals surface area contributed by atoms with Gasteiger partial charge in [0.05, 0.1) is 0 Å². The Bertz CT molecular complexity index is 0. The highest BCUT2D eigenvalue weighted by molar-refractivity contribution is 1.82. The van der Waals surface area contributed by atoms with Gasteiger partial charge in [-0.1, -0.05) is 0 Å². The van der Waals surface area contributed by atoms with Crippen molar-refractivity contribution in [2.75, 3.05) is 0 Å². The highest BCUT2D eigenvalue weighted by Crippen LogP contribution is 0.711. The van der Waals surface area contributed by atoms with E-state index in [1.807, 2.05) is 0 Å². The van der Waals surface area contributed by atoms with E-state index in [4.69, 9.17) is 10.5 Å². The summed E-state index contributed by atoms with van der Waals surface area (Å²) >= 11 is 0. The van der Waals surface area contributed by atoms with E-state index in [0.29, 0.717) is 0 Å². The number of hydrogen-bond acceptors (Lipinski definition) is 2. The Hall–Kier alpha value is -0.440. The van der Waals surface area contributed by atoms with Gasteiger partial charge in [0.25, 0.3) is 0 Å². The molecule has 0 bridgehead atoms. The van der Waals surface area contributed by atoms with Crippen LogP contribution in [0.1, 0.15) is 0 Å². The molecular weight excluding hydrogens is 176 g/mol. The fourth-order valence-electron chi connectivity index (χ4n) is 0. The van der Waals surface area contributed by atoms with Gasteiger partial charge in [0.2, 0.25) is 0 Å². The average Bonchev–Trinajstić information content (AvgIpc) is 1.00. The van der Waals surface area contributed by atoms with Crippen LogP contribution < -0.4 is 0 Å². The smallest absolute Gasteiger partial charge is 0.255 e. The summed E-state index contributed by atoms with van der Waals surface area (Å²) in [4.78, 5) is 0. The Morgan fingerprint density at radius 2 is 0.273 bits per heavy atom. The van der Waals surface area contributed by atoms with E-state index >= 15 is 0 Å². The molecule has 0 heterocycles. The minimum Gasteiger partial charge on any atom is -0.412 e. The molecule has 0 atom stereocenters. The molecule has 0 aromatic carbocycles. The summed E-state index contributed by atoms with van der Waals surface area (Å²) in [5, 5.41) is 12.0. The summed E-state index contributed by atoms with van der Waals surface area (Å²) in [5.74, 6) is 0. The molecular formula is H20O11. The van der Waals surface area contributed by atoms with Gasteiger partial charge in [0.15, 0.2) is 0 Å². The second kappa shape index (κ2) is 3620. The summed E-state index contributed by atoms with van der Waals surface area (Å²) in [6, 6.07) is 0. The van der Waals surface area contributed by atoms with E-state index in [9.17, 15) is 0 Å². The van der Waals surface area contributed by atoms with Gasteiger partial charge >= 0.3 is 0 Å². The van der Waals surface area contributed by atoms with Crippen LogP contribution in [0.25, 0.3) is 0 Å². The zero-order chi connectivity index (χ0) is 2.00. The summed E-state index contributed by atoms with van der Waals surface area (Å²) < 4.78 is 0. The molecule has 0 rings (SSSR count). The molecule has 11 nitrogen and oxygen atoms in total. The topological polar surface area (TPSA) is 324 Å². The third kappa shape index (κ3) is 2820. The lowest BCUT2D eigenvalue weighted by Gasteiger charge is -1.25. The van der Waals surface area contributed by atoms with Gasteiger partial charge < -0.3 is 49.3 Å². The van der Waals surface area contributed by atoms with Gasteiger partial charge in [0, 0.05) is 0 Å². The molecule has 0 aliphatic carbocycles. The van der Waals surface area contributed by atoms with E-state index in [1.54, 1.807) is 0 Å². The van der Waals surface area contributed by atoms with Crippen LogP contribution in [0.5, 0.6) is 0 Å². The highest BCUT2D eigenvalue weighted by Gasteiger charge is 0.745. The fourth-order valence-corrected chi connectivity index (χ4v) is 0. The molecule has 11 heteroatoms. The standard InChI is InChI=1S/H2O2.9H2O/c1-2;;;;;;;;;/h1-2H;9*1H2. The number of rotatable bonds is 0. The predicted octanol–water partition coefficient (Wildman–Crippen LogP) is -7.40. The summed E-state index contributed by atoms with van der Waals surface area (Å²) in [6.45, 7) is 0. The SMILES string of the molecule is O.O.O.O.O.O.O.O.O.OO. The largest absolute Gasteiger partial charge is 0.412 e. The molecule has 0 radical (unpaired) electrons. The predicted molar refractivity (Wildman–Crippen MR) is 37.8 cm³/mol. The van der Waals surface area contributed by atoms with E-state index in [0.717, 1.165) is 0 Å². The zero-order valence-corrected chi connectivity index (χ0v) is 5.39. The van der Waals surface area contributed by atoms with Crippen molar-refractivity contribution in [1.29, 1.82) is 0 Å². The van der Waals surface area contributed by atoms with Crippen molar-refractivity contribution in [3.63, 3.8) is 0 Å². The lowest BCUT2D eigenvalue weighted by Crippen LogP contribution is -1.29. The van der Waals surface area contributed by atoms with E-state index in [1.165, 1.54) is 0 Å². The first-order valence-corrected chi connectivity index (χ1v) is 0.200. The molecule has 86 valence electrons. The maximum atomic E-state index is 6.00. The maximum Gasteiger partial charge on any atom is -0.255 e. The maximum absolute atomic E-state index is 6.00. The third-order valence-electron chi connectivity index (χ3n) is 0. The molecule has 20 N–H and O–H groups in total. The summed E-state index contributed by atoms with van der Waals surface area (Å²) in [6.07, 6.45) is 0. The molecule has 0 aliphatic rings. The van der Waals surface area contributed by atoms with Crippen LogP contribution in [0.2, 0.25) is 0 Å². The van der Waals surface area contributed by atoms with Crippen molar-refractivity contribution in [2.24, 2.45) is 0 Å². The van der Waals surface area contributed by atoms with Crippen molar-refractivity contribution in [2.45, 2.75) is 0 Å². The minimum absolute atomic E-state index is 0. The van der Waals surface area contributed by atoms with Gasteiger partial charge in [0.1, 0.15) is 0 Å². The van der Waals surface area contributed by atoms with Gasteiger partial charge in [-0.2, -0.15) is 0 Å². The summed E-state index contributed by atoms with van der Waals surface area (Å²) in [5.41, 5.74) is 0. The second-order valence-corrected chi connectivity index (χ2v) is 0. The van der Waals surface area contributed by atoms with Crippen molar-refractivity contribution in [3.05, 3.63) is 0 Å². The lowest BCUT2D eigenvalue weighted by molar-refractivity contribution is -0.176. The van der Waals surface area contributed by atoms with E-state index in [2.05, 4.69) is 0 Å². The Balaban J connectivity index is -0.000000000139. The first-order valence-electron chi connectivity index (χ1n) is 0.200. The third-order valence-corrected chi connectivity index (χ3v) is 0. The van der Waals surface area contributed by atoms with Crippen LogP contribution in [0.15, 0.2) is 0 Å². The van der Waals surface area contributed by atoms with Gasteiger partial charge in [-0.25, -0.2) is 0 Å². The van der Waals surface area contributed by atoms with Crippen LogP contribution in [0, 0.1) is 0 Å². The first kappa shape index (κ1) is 3080. The monoisotopic (exact) mass is 196 g/mol. The molecule has 0 aliphatic heterocycles. The van der Waals surface area contributed by atoms with Gasteiger partial charge in [-0.05, 0) is 0 Å². The molecule has 0 amide bonds. The highest BCUT2D eigenvalue weighted by atomic mass is 17.0. The second-order valence-electron chi connectivity index (χ2n) is 0. The lowest BCUT2D eigenvalue weighted by atomic mass is 15.0. The number of hydrogen-bond donors (Lipinski definition) is 2. The molecule has 0 fully saturated rings. The molecule has 0 unspecified atom stereocenters. The van der Waals surface area contributed by atoms with E-state index in [-0.39, 0.29) is 49.3 Å². The molecule has 0 saturated carbocycles. The molecule has 0 aromatic heterocycles. The van der Waals surface area contributed by atoms with Crippen LogP contribution >= 0.6 is 0 Å². The van der Waals surface area contributed by atoms with Crippen molar-refractivity contribution in [1.82, 2.24) is 0 Å². The Kier molecular flexibility index (Phi) is 1010000. The van der Waals surface area contributed by atoms with Crippen LogP contribution in [0.3, 0.4) is 0 Å². The van der Waals surface area contributed by atoms with E-state index < -0.39 is 0 Å². The van der Waals surface area contributed by atoms with Crippen LogP contribution in [-0.4, -0.2) is 59.8 Å². The molecule has 11 heavy (non-hydrogen) atoms. The minimum atomic E-state index is 0. The van der Waals surface area contributed by atoms with Crippen molar-refractivity contribution < 1.29 is 59.8 Å². The summed E-state index contributed by atoms with van der Waals surface area (Å²) in [7, 11) is 0. The quantitative estimate of drug-likeness (QED) is 0.281.